The molecule has 14 unspecified atom stereocenters. The van der Waals surface area contributed by atoms with Crippen molar-refractivity contribution in [1.29, 1.82) is 0 Å². The smallest absolute Gasteiger partial charge is 0.331 e. The van der Waals surface area contributed by atoms with Gasteiger partial charge in [-0.2, -0.15) is 0 Å². The molecule has 20 nitrogen and oxygen atoms in total. The van der Waals surface area contributed by atoms with E-state index in [1.54, 1.807) is 13.8 Å². The number of rotatable bonds is 12. The summed E-state index contributed by atoms with van der Waals surface area (Å²) in [4.78, 5) is 27.1. The van der Waals surface area contributed by atoms with Gasteiger partial charge in [-0.25, -0.2) is 4.79 Å². The molecule has 7 rings (SSSR count). The Bertz CT molecular complexity index is 2250. The van der Waals surface area contributed by atoms with Crippen LogP contribution in [0.5, 0.6) is 23.0 Å². The molecule has 1 aromatic heterocycles. The Kier molecular flexibility index (Phi) is 13.0. The number of ether oxygens (including phenoxy) is 7. The maximum absolute atomic E-state index is 13.9. The molecule has 0 amide bonds. The molecule has 0 radical (unpaired) electrons. The number of esters is 1. The van der Waals surface area contributed by atoms with Crippen molar-refractivity contribution in [2.24, 2.45) is 5.41 Å². The maximum atomic E-state index is 13.9. The summed E-state index contributed by atoms with van der Waals surface area (Å²) in [6.45, 7) is 3.78. The molecule has 4 fully saturated rings. The number of benzene rings is 2. The van der Waals surface area contributed by atoms with Gasteiger partial charge < -0.3 is 88.6 Å². The first kappa shape index (κ1) is 46.3. The van der Waals surface area contributed by atoms with Crippen molar-refractivity contribution in [3.8, 4) is 34.3 Å². The highest BCUT2D eigenvalue weighted by Gasteiger charge is 2.67. The highest BCUT2D eigenvalue weighted by molar-refractivity contribution is 5.88. The molecule has 3 aliphatic heterocycles. The van der Waals surface area contributed by atoms with Crippen LogP contribution in [0.1, 0.15) is 33.6 Å². The zero-order valence-corrected chi connectivity index (χ0v) is 34.6. The number of phenols is 1. The summed E-state index contributed by atoms with van der Waals surface area (Å²) in [6, 6.07) is 7.96. The minimum absolute atomic E-state index is 0.0224. The summed E-state index contributed by atoms with van der Waals surface area (Å²) in [7, 11) is 1.33. The monoisotopic (exact) mass is 888 g/mol. The van der Waals surface area contributed by atoms with E-state index in [2.05, 4.69) is 0 Å². The SMILES string of the molecule is COc1cc(O)c2c(=O)c(OC3OC(CO)C(O)C(O)C3O)c(-c3ccc(OC4OC(CO)C(O)C(OC(=O)C=C(C)C=CC5(O)C6(C)COC5(C)CC(O)C6)C4O)cc3)oc2c1. The van der Waals surface area contributed by atoms with Crippen LogP contribution in [0, 0.1) is 5.41 Å². The Labute approximate surface area is 359 Å². The van der Waals surface area contributed by atoms with Crippen LogP contribution in [0.25, 0.3) is 22.3 Å². The number of aliphatic hydroxyl groups excluding tert-OH is 8. The summed E-state index contributed by atoms with van der Waals surface area (Å²) < 4.78 is 45.4. The second kappa shape index (κ2) is 17.7. The summed E-state index contributed by atoms with van der Waals surface area (Å²) >= 11 is 0. The molecule has 4 heterocycles. The molecule has 20 heteroatoms. The van der Waals surface area contributed by atoms with Crippen LogP contribution in [0.4, 0.5) is 0 Å². The number of carbonyl (C=O) groups is 1. The van der Waals surface area contributed by atoms with Crippen LogP contribution in [-0.2, 0) is 23.7 Å². The number of hydrogen-bond donors (Lipinski definition) is 10. The van der Waals surface area contributed by atoms with Crippen LogP contribution >= 0.6 is 0 Å². The normalized spacial score (nSPS) is 37.0. The highest BCUT2D eigenvalue weighted by Crippen LogP contribution is 2.57. The van der Waals surface area contributed by atoms with E-state index in [-0.39, 0.29) is 46.8 Å². The van der Waals surface area contributed by atoms with E-state index in [4.69, 9.17) is 37.6 Å². The zero-order chi connectivity index (χ0) is 45.8. The van der Waals surface area contributed by atoms with Gasteiger partial charge >= 0.3 is 5.97 Å². The second-order valence-corrected chi connectivity index (χ2v) is 16.8. The van der Waals surface area contributed by atoms with Gasteiger partial charge in [0, 0.05) is 35.6 Å². The van der Waals surface area contributed by atoms with E-state index in [9.17, 15) is 60.7 Å². The molecule has 14 atom stereocenters. The summed E-state index contributed by atoms with van der Waals surface area (Å²) in [5.74, 6) is -2.25. The molecular formula is C43H52O20. The van der Waals surface area contributed by atoms with Gasteiger partial charge in [0.05, 0.1) is 33.0 Å². The van der Waals surface area contributed by atoms with Gasteiger partial charge in [0.15, 0.2) is 18.0 Å². The summed E-state index contributed by atoms with van der Waals surface area (Å²) in [6.07, 6.45) is -12.9. The minimum atomic E-state index is -1.91. The first-order valence-electron chi connectivity index (χ1n) is 20.1. The third-order valence-electron chi connectivity index (χ3n) is 12.3. The first-order chi connectivity index (χ1) is 29.8. The molecule has 2 aromatic carbocycles. The molecule has 2 bridgehead atoms. The standard InChI is InChI=1S/C43H52O20/c1-19(9-10-43(55)41(2)14-21(46)15-42(43,3)57-18-41)11-28(48)62-37-31(50)27(17-45)61-40(35(37)54)58-22-7-5-20(6-8-22)36-38(63-39-34(53)33(52)30(49)26(16-44)60-39)32(51)29-24(47)12-23(56-4)13-25(29)59-36/h5-13,21,26-27,30-31,33-35,37,39-40,44-47,49-50,52-55H,14-18H2,1-4H3. The topological polar surface area (TPSA) is 314 Å². The number of methoxy groups -OCH3 is 1. The average molecular weight is 889 g/mol. The molecule has 344 valence electrons. The van der Waals surface area contributed by atoms with E-state index in [0.717, 1.165) is 12.1 Å². The van der Waals surface area contributed by atoms with Gasteiger partial charge in [-0.1, -0.05) is 13.0 Å². The summed E-state index contributed by atoms with van der Waals surface area (Å²) in [5.41, 5.74) is -3.93. The lowest BCUT2D eigenvalue weighted by Crippen LogP contribution is -2.61. The molecule has 63 heavy (non-hydrogen) atoms. The molecule has 0 spiro atoms. The van der Waals surface area contributed by atoms with Gasteiger partial charge in [0.25, 0.3) is 0 Å². The zero-order valence-electron chi connectivity index (χ0n) is 34.6. The lowest BCUT2D eigenvalue weighted by molar-refractivity contribution is -0.280. The van der Waals surface area contributed by atoms with Gasteiger partial charge in [-0.05, 0) is 56.2 Å². The molecule has 4 aliphatic rings. The van der Waals surface area contributed by atoms with Crippen LogP contribution in [0.15, 0.2) is 69.4 Å². The minimum Gasteiger partial charge on any atom is -0.507 e. The Morgan fingerprint density at radius 3 is 2.14 bits per heavy atom. The summed E-state index contributed by atoms with van der Waals surface area (Å²) in [5, 5.41) is 106. The van der Waals surface area contributed by atoms with E-state index >= 15 is 0 Å². The van der Waals surface area contributed by atoms with Crippen molar-refractivity contribution < 1.29 is 93.4 Å². The second-order valence-electron chi connectivity index (χ2n) is 16.8. The van der Waals surface area contributed by atoms with E-state index in [1.807, 2.05) is 6.92 Å². The number of carbonyl (C=O) groups excluding carboxylic acids is 1. The molecule has 3 saturated heterocycles. The van der Waals surface area contributed by atoms with E-state index in [1.165, 1.54) is 49.6 Å². The van der Waals surface area contributed by atoms with Crippen molar-refractivity contribution in [2.45, 2.75) is 112 Å². The van der Waals surface area contributed by atoms with Gasteiger partial charge in [-0.3, -0.25) is 4.79 Å². The number of hydrogen-bond acceptors (Lipinski definition) is 20. The first-order valence-corrected chi connectivity index (χ1v) is 20.1. The lowest BCUT2D eigenvalue weighted by Gasteiger charge is -2.49. The lowest BCUT2D eigenvalue weighted by atomic mass is 9.59. The number of allylic oxidation sites excluding steroid dienone is 2. The van der Waals surface area contributed by atoms with E-state index in [0.29, 0.717) is 12.0 Å². The predicted molar refractivity (Wildman–Crippen MR) is 214 cm³/mol. The average Bonchev–Trinajstić information content (AvgIpc) is 3.33. The predicted octanol–water partition coefficient (Wildman–Crippen LogP) is -0.734. The van der Waals surface area contributed by atoms with Crippen LogP contribution < -0.4 is 19.6 Å². The Morgan fingerprint density at radius 2 is 1.51 bits per heavy atom. The van der Waals surface area contributed by atoms with Crippen molar-refractivity contribution in [3.63, 3.8) is 0 Å². The third kappa shape index (κ3) is 8.42. The van der Waals surface area contributed by atoms with Crippen molar-refractivity contribution >= 4 is 16.9 Å². The number of phenolic OH excluding ortho intramolecular Hbond substituents is 1. The Morgan fingerprint density at radius 1 is 0.857 bits per heavy atom. The van der Waals surface area contributed by atoms with E-state index < -0.39 is 120 Å². The largest absolute Gasteiger partial charge is 0.507 e. The number of aromatic hydroxyl groups is 1. The quantitative estimate of drug-likeness (QED) is 0.0609. The molecule has 10 N–H and O–H groups in total. The molecular weight excluding hydrogens is 836 g/mol. The van der Waals surface area contributed by atoms with Gasteiger partial charge in [0.1, 0.15) is 76.0 Å². The van der Waals surface area contributed by atoms with Crippen LogP contribution in [0.3, 0.4) is 0 Å². The van der Waals surface area contributed by atoms with Crippen molar-refractivity contribution in [2.75, 3.05) is 26.9 Å². The fraction of sp³-hybridized carbons (Fsp3) is 0.535. The van der Waals surface area contributed by atoms with Crippen molar-refractivity contribution in [3.05, 3.63) is 70.4 Å². The Balaban J connectivity index is 1.11. The fourth-order valence-corrected chi connectivity index (χ4v) is 8.74. The maximum Gasteiger partial charge on any atom is 0.331 e. The Hall–Kier alpha value is -4.68. The molecule has 3 aromatic rings. The van der Waals surface area contributed by atoms with Crippen LogP contribution in [-0.4, -0.2) is 163 Å². The third-order valence-corrected chi connectivity index (χ3v) is 12.3. The highest BCUT2D eigenvalue weighted by atomic mass is 16.7. The van der Waals surface area contributed by atoms with Gasteiger partial charge in [0.2, 0.25) is 23.8 Å². The van der Waals surface area contributed by atoms with Crippen LogP contribution in [0.2, 0.25) is 0 Å². The number of aliphatic hydroxyl groups is 9. The fourth-order valence-electron chi connectivity index (χ4n) is 8.74. The number of fused-ring (bicyclic) bond motifs is 3. The molecule has 1 aliphatic carbocycles. The van der Waals surface area contributed by atoms with Gasteiger partial charge in [-0.15, -0.1) is 0 Å². The molecule has 1 saturated carbocycles. The van der Waals surface area contributed by atoms with Crippen molar-refractivity contribution in [1.82, 2.24) is 0 Å².